The van der Waals surface area contributed by atoms with Gasteiger partial charge in [0.2, 0.25) is 0 Å². The van der Waals surface area contributed by atoms with Crippen LogP contribution < -0.4 is 0 Å². The van der Waals surface area contributed by atoms with E-state index in [0.717, 1.165) is 12.8 Å². The summed E-state index contributed by atoms with van der Waals surface area (Å²) in [5, 5.41) is 19.3. The molecular weight excluding hydrogens is 214 g/mol. The second-order valence-electron chi connectivity index (χ2n) is 5.27. The summed E-state index contributed by atoms with van der Waals surface area (Å²) in [6, 6.07) is 10.3. The number of hydrogen-bond acceptors (Lipinski definition) is 3. The van der Waals surface area contributed by atoms with Crippen molar-refractivity contribution in [1.82, 2.24) is 4.90 Å². The van der Waals surface area contributed by atoms with Gasteiger partial charge in [-0.25, -0.2) is 0 Å². The SMILES string of the molecule is CN(C)C1(c2ccccc2)CCC(O)(O)CC1. The third-order valence-corrected chi connectivity index (χ3v) is 4.05. The van der Waals surface area contributed by atoms with E-state index in [4.69, 9.17) is 0 Å². The Kier molecular flexibility index (Phi) is 3.25. The molecule has 17 heavy (non-hydrogen) atoms. The zero-order valence-corrected chi connectivity index (χ0v) is 10.6. The highest BCUT2D eigenvalue weighted by Gasteiger charge is 2.43. The Labute approximate surface area is 103 Å². The monoisotopic (exact) mass is 235 g/mol. The van der Waals surface area contributed by atoms with Crippen molar-refractivity contribution in [3.05, 3.63) is 35.9 Å². The predicted octanol–water partition coefficient (Wildman–Crippen LogP) is 1.70. The molecule has 1 aliphatic carbocycles. The number of aliphatic hydroxyl groups is 2. The summed E-state index contributed by atoms with van der Waals surface area (Å²) in [7, 11) is 4.13. The third-order valence-electron chi connectivity index (χ3n) is 4.05. The molecule has 1 aromatic carbocycles. The van der Waals surface area contributed by atoms with Gasteiger partial charge < -0.3 is 10.2 Å². The van der Waals surface area contributed by atoms with Gasteiger partial charge in [-0.1, -0.05) is 30.3 Å². The van der Waals surface area contributed by atoms with Crippen molar-refractivity contribution in [2.45, 2.75) is 37.0 Å². The van der Waals surface area contributed by atoms with Crippen LogP contribution in [0.15, 0.2) is 30.3 Å². The van der Waals surface area contributed by atoms with E-state index in [1.165, 1.54) is 5.56 Å². The van der Waals surface area contributed by atoms with Crippen molar-refractivity contribution in [3.8, 4) is 0 Å². The molecule has 1 aromatic rings. The fourth-order valence-electron chi connectivity index (χ4n) is 2.81. The normalized spacial score (nSPS) is 22.6. The van der Waals surface area contributed by atoms with Gasteiger partial charge in [0.25, 0.3) is 0 Å². The summed E-state index contributed by atoms with van der Waals surface area (Å²) >= 11 is 0. The van der Waals surface area contributed by atoms with E-state index in [9.17, 15) is 10.2 Å². The maximum Gasteiger partial charge on any atom is 0.162 e. The molecule has 94 valence electrons. The highest BCUT2D eigenvalue weighted by atomic mass is 16.5. The summed E-state index contributed by atoms with van der Waals surface area (Å²) in [5.41, 5.74) is 1.21. The van der Waals surface area contributed by atoms with Crippen molar-refractivity contribution < 1.29 is 10.2 Å². The molecule has 0 aliphatic heterocycles. The molecule has 2 rings (SSSR count). The number of benzene rings is 1. The van der Waals surface area contributed by atoms with Gasteiger partial charge in [-0.3, -0.25) is 4.90 Å². The van der Waals surface area contributed by atoms with Gasteiger partial charge in [-0.2, -0.15) is 0 Å². The lowest BCUT2D eigenvalue weighted by Gasteiger charge is -2.46. The van der Waals surface area contributed by atoms with E-state index in [1.807, 2.05) is 18.2 Å². The fraction of sp³-hybridized carbons (Fsp3) is 0.571. The lowest BCUT2D eigenvalue weighted by atomic mass is 9.73. The second kappa shape index (κ2) is 4.41. The number of nitrogens with zero attached hydrogens (tertiary/aromatic N) is 1. The molecule has 0 saturated heterocycles. The molecule has 0 radical (unpaired) electrons. The maximum atomic E-state index is 9.67. The molecule has 3 nitrogen and oxygen atoms in total. The van der Waals surface area contributed by atoms with Crippen LogP contribution in [0, 0.1) is 0 Å². The molecule has 0 bridgehead atoms. The maximum absolute atomic E-state index is 9.67. The quantitative estimate of drug-likeness (QED) is 0.767. The number of hydrogen-bond donors (Lipinski definition) is 2. The lowest BCUT2D eigenvalue weighted by Crippen LogP contribution is -2.48. The Bertz CT molecular complexity index is 363. The van der Waals surface area contributed by atoms with E-state index in [-0.39, 0.29) is 5.54 Å². The first kappa shape index (κ1) is 12.6. The minimum absolute atomic E-state index is 0.0593. The van der Waals surface area contributed by atoms with Crippen LogP contribution in [0.3, 0.4) is 0 Å². The predicted molar refractivity (Wildman–Crippen MR) is 67.4 cm³/mol. The molecule has 0 unspecified atom stereocenters. The average molecular weight is 235 g/mol. The third kappa shape index (κ3) is 2.37. The summed E-state index contributed by atoms with van der Waals surface area (Å²) in [6.45, 7) is 0. The minimum Gasteiger partial charge on any atom is -0.366 e. The van der Waals surface area contributed by atoms with Crippen LogP contribution in [0.25, 0.3) is 0 Å². The Hall–Kier alpha value is -0.900. The largest absolute Gasteiger partial charge is 0.366 e. The van der Waals surface area contributed by atoms with Crippen LogP contribution in [-0.2, 0) is 5.54 Å². The van der Waals surface area contributed by atoms with E-state index < -0.39 is 5.79 Å². The van der Waals surface area contributed by atoms with E-state index in [1.54, 1.807) is 0 Å². The zero-order chi connectivity index (χ0) is 12.5. The van der Waals surface area contributed by atoms with Gasteiger partial charge in [-0.05, 0) is 32.5 Å². The van der Waals surface area contributed by atoms with Gasteiger partial charge in [-0.15, -0.1) is 0 Å². The summed E-state index contributed by atoms with van der Waals surface area (Å²) < 4.78 is 0. The molecule has 2 N–H and O–H groups in total. The molecule has 1 aliphatic rings. The Morgan fingerprint density at radius 2 is 1.47 bits per heavy atom. The summed E-state index contributed by atoms with van der Waals surface area (Å²) in [6.07, 6.45) is 2.41. The van der Waals surface area contributed by atoms with Crippen molar-refractivity contribution in [3.63, 3.8) is 0 Å². The van der Waals surface area contributed by atoms with Gasteiger partial charge in [0.1, 0.15) is 0 Å². The van der Waals surface area contributed by atoms with Crippen molar-refractivity contribution in [1.29, 1.82) is 0 Å². The van der Waals surface area contributed by atoms with E-state index >= 15 is 0 Å². The van der Waals surface area contributed by atoms with Crippen molar-refractivity contribution in [2.24, 2.45) is 0 Å². The molecule has 1 saturated carbocycles. The van der Waals surface area contributed by atoms with Crippen LogP contribution in [0.2, 0.25) is 0 Å². The molecule has 0 atom stereocenters. The molecule has 0 amide bonds. The standard InChI is InChI=1S/C14H21NO2/c1-15(2)13(12-6-4-3-5-7-12)8-10-14(16,17)11-9-13/h3-7,16-17H,8-11H2,1-2H3. The zero-order valence-electron chi connectivity index (χ0n) is 10.6. The van der Waals surface area contributed by atoms with E-state index in [2.05, 4.69) is 31.1 Å². The Balaban J connectivity index is 2.30. The summed E-state index contributed by atoms with van der Waals surface area (Å²) in [4.78, 5) is 2.21. The van der Waals surface area contributed by atoms with Crippen LogP contribution in [0.1, 0.15) is 31.2 Å². The number of rotatable bonds is 2. The van der Waals surface area contributed by atoms with Crippen LogP contribution >= 0.6 is 0 Å². The second-order valence-corrected chi connectivity index (χ2v) is 5.27. The van der Waals surface area contributed by atoms with Gasteiger partial charge in [0.05, 0.1) is 0 Å². The van der Waals surface area contributed by atoms with Crippen molar-refractivity contribution in [2.75, 3.05) is 14.1 Å². The van der Waals surface area contributed by atoms with Gasteiger partial charge in [0.15, 0.2) is 5.79 Å². The topological polar surface area (TPSA) is 43.7 Å². The van der Waals surface area contributed by atoms with Crippen LogP contribution in [0.4, 0.5) is 0 Å². The average Bonchev–Trinajstić information content (AvgIpc) is 2.30. The molecule has 0 aromatic heterocycles. The first-order valence-electron chi connectivity index (χ1n) is 6.14. The fourth-order valence-corrected chi connectivity index (χ4v) is 2.81. The molecule has 0 heterocycles. The first-order chi connectivity index (χ1) is 7.96. The summed E-state index contributed by atoms with van der Waals surface area (Å²) in [5.74, 6) is -1.48. The molecule has 0 spiro atoms. The Morgan fingerprint density at radius 3 is 1.94 bits per heavy atom. The van der Waals surface area contributed by atoms with Gasteiger partial charge in [0, 0.05) is 18.4 Å². The van der Waals surface area contributed by atoms with Crippen LogP contribution in [-0.4, -0.2) is 35.0 Å². The van der Waals surface area contributed by atoms with E-state index in [0.29, 0.717) is 12.8 Å². The van der Waals surface area contributed by atoms with Gasteiger partial charge >= 0.3 is 0 Å². The van der Waals surface area contributed by atoms with Crippen molar-refractivity contribution >= 4 is 0 Å². The molecular formula is C14H21NO2. The highest BCUT2D eigenvalue weighted by molar-refractivity contribution is 5.25. The molecule has 3 heteroatoms. The van der Waals surface area contributed by atoms with Crippen LogP contribution in [0.5, 0.6) is 0 Å². The Morgan fingerprint density at radius 1 is 0.941 bits per heavy atom. The smallest absolute Gasteiger partial charge is 0.162 e. The first-order valence-corrected chi connectivity index (χ1v) is 6.14. The lowest BCUT2D eigenvalue weighted by molar-refractivity contribution is -0.197. The molecule has 1 fully saturated rings. The minimum atomic E-state index is -1.48. The highest BCUT2D eigenvalue weighted by Crippen LogP contribution is 2.43.